The van der Waals surface area contributed by atoms with Crippen LogP contribution in [0, 0.1) is 0 Å². The van der Waals surface area contributed by atoms with Crippen molar-refractivity contribution in [3.8, 4) is 0 Å². The third-order valence-electron chi connectivity index (χ3n) is 2.22. The highest BCUT2D eigenvalue weighted by Crippen LogP contribution is 2.03. The molecule has 10 heavy (non-hydrogen) atoms. The lowest BCUT2D eigenvalue weighted by Crippen LogP contribution is -2.45. The SMILES string of the molecule is CC(N)C(C)N(C)C(C)C. The summed E-state index contributed by atoms with van der Waals surface area (Å²) in [4.78, 5) is 2.28. The van der Waals surface area contributed by atoms with Crippen molar-refractivity contribution >= 4 is 0 Å². The second-order valence-corrected chi connectivity index (χ2v) is 3.36. The average molecular weight is 144 g/mol. The Morgan fingerprint density at radius 2 is 1.50 bits per heavy atom. The fourth-order valence-corrected chi connectivity index (χ4v) is 0.841. The topological polar surface area (TPSA) is 29.3 Å². The summed E-state index contributed by atoms with van der Waals surface area (Å²) in [5, 5.41) is 0. The lowest BCUT2D eigenvalue weighted by Gasteiger charge is -2.30. The van der Waals surface area contributed by atoms with Gasteiger partial charge in [0.2, 0.25) is 0 Å². The van der Waals surface area contributed by atoms with Gasteiger partial charge in [-0.05, 0) is 34.7 Å². The summed E-state index contributed by atoms with van der Waals surface area (Å²) in [6, 6.07) is 1.31. The van der Waals surface area contributed by atoms with Crippen LogP contribution in [0.4, 0.5) is 0 Å². The summed E-state index contributed by atoms with van der Waals surface area (Å²) in [5.74, 6) is 0. The minimum atomic E-state index is 0.257. The van der Waals surface area contributed by atoms with Crippen molar-refractivity contribution in [3.63, 3.8) is 0 Å². The first-order valence-corrected chi connectivity index (χ1v) is 3.94. The van der Waals surface area contributed by atoms with Crippen LogP contribution in [-0.4, -0.2) is 30.1 Å². The Labute approximate surface area is 64.4 Å². The third-order valence-corrected chi connectivity index (χ3v) is 2.22. The Hall–Kier alpha value is -0.0800. The van der Waals surface area contributed by atoms with E-state index in [1.807, 2.05) is 6.92 Å². The predicted molar refractivity (Wildman–Crippen MR) is 46.0 cm³/mol. The molecule has 0 radical (unpaired) electrons. The van der Waals surface area contributed by atoms with Gasteiger partial charge in [-0.15, -0.1) is 0 Å². The molecule has 0 amide bonds. The molecule has 2 N–H and O–H groups in total. The molecule has 0 bridgehead atoms. The molecule has 0 saturated carbocycles. The fourth-order valence-electron chi connectivity index (χ4n) is 0.841. The molecule has 0 heterocycles. The minimum Gasteiger partial charge on any atom is -0.327 e. The lowest BCUT2D eigenvalue weighted by atomic mass is 10.1. The molecule has 0 aliphatic rings. The van der Waals surface area contributed by atoms with Crippen molar-refractivity contribution < 1.29 is 0 Å². The first-order chi connectivity index (χ1) is 4.46. The molecule has 2 unspecified atom stereocenters. The highest BCUT2D eigenvalue weighted by atomic mass is 15.2. The molecule has 0 aliphatic carbocycles. The fraction of sp³-hybridized carbons (Fsp3) is 1.00. The highest BCUT2D eigenvalue weighted by molar-refractivity contribution is 4.74. The molecule has 0 fully saturated rings. The molecule has 0 aliphatic heterocycles. The van der Waals surface area contributed by atoms with E-state index in [4.69, 9.17) is 5.73 Å². The summed E-state index contributed by atoms with van der Waals surface area (Å²) < 4.78 is 0. The van der Waals surface area contributed by atoms with E-state index in [-0.39, 0.29) is 6.04 Å². The molecule has 0 spiro atoms. The molecule has 2 atom stereocenters. The number of likely N-dealkylation sites (N-methyl/N-ethyl adjacent to an activating group) is 1. The number of nitrogens with zero attached hydrogens (tertiary/aromatic N) is 1. The molecular formula is C8H20N2. The van der Waals surface area contributed by atoms with Crippen LogP contribution in [0.1, 0.15) is 27.7 Å². The summed E-state index contributed by atoms with van der Waals surface area (Å²) in [5.41, 5.74) is 5.73. The average Bonchev–Trinajstić information content (AvgIpc) is 1.84. The molecule has 0 saturated heterocycles. The molecule has 2 heteroatoms. The van der Waals surface area contributed by atoms with Crippen molar-refractivity contribution in [3.05, 3.63) is 0 Å². The van der Waals surface area contributed by atoms with Crippen LogP contribution in [0.2, 0.25) is 0 Å². The van der Waals surface area contributed by atoms with Crippen molar-refractivity contribution in [1.29, 1.82) is 0 Å². The maximum atomic E-state index is 5.73. The van der Waals surface area contributed by atoms with Gasteiger partial charge in [-0.1, -0.05) is 0 Å². The summed E-state index contributed by atoms with van der Waals surface area (Å²) in [6.45, 7) is 8.56. The van der Waals surface area contributed by atoms with Crippen molar-refractivity contribution in [2.24, 2.45) is 5.73 Å². The smallest absolute Gasteiger partial charge is 0.0215 e. The number of hydrogen-bond acceptors (Lipinski definition) is 2. The zero-order valence-corrected chi connectivity index (χ0v) is 7.76. The second-order valence-electron chi connectivity index (χ2n) is 3.36. The number of hydrogen-bond donors (Lipinski definition) is 1. The first kappa shape index (κ1) is 9.92. The maximum absolute atomic E-state index is 5.73. The molecule has 0 aromatic carbocycles. The van der Waals surface area contributed by atoms with E-state index in [1.165, 1.54) is 0 Å². The minimum absolute atomic E-state index is 0.257. The van der Waals surface area contributed by atoms with Crippen LogP contribution in [0.5, 0.6) is 0 Å². The van der Waals surface area contributed by atoms with Crippen LogP contribution < -0.4 is 5.73 Å². The van der Waals surface area contributed by atoms with Crippen LogP contribution in [0.3, 0.4) is 0 Å². The Bertz CT molecular complexity index is 77.3. The van der Waals surface area contributed by atoms with Gasteiger partial charge in [-0.2, -0.15) is 0 Å². The second kappa shape index (κ2) is 3.94. The predicted octanol–water partition coefficient (Wildman–Crippen LogP) is 1.06. The highest BCUT2D eigenvalue weighted by Gasteiger charge is 2.14. The van der Waals surface area contributed by atoms with Gasteiger partial charge in [-0.25, -0.2) is 0 Å². The quantitative estimate of drug-likeness (QED) is 0.642. The van der Waals surface area contributed by atoms with E-state index < -0.39 is 0 Å². The maximum Gasteiger partial charge on any atom is 0.0215 e. The van der Waals surface area contributed by atoms with E-state index in [2.05, 4.69) is 32.7 Å². The molecule has 2 nitrogen and oxygen atoms in total. The van der Waals surface area contributed by atoms with Gasteiger partial charge in [0.15, 0.2) is 0 Å². The van der Waals surface area contributed by atoms with Crippen LogP contribution in [-0.2, 0) is 0 Å². The van der Waals surface area contributed by atoms with Gasteiger partial charge in [0.1, 0.15) is 0 Å². The first-order valence-electron chi connectivity index (χ1n) is 3.94. The van der Waals surface area contributed by atoms with Gasteiger partial charge in [0, 0.05) is 18.1 Å². The number of rotatable bonds is 3. The zero-order chi connectivity index (χ0) is 8.31. The van der Waals surface area contributed by atoms with E-state index in [0.717, 1.165) is 0 Å². The summed E-state index contributed by atoms with van der Waals surface area (Å²) >= 11 is 0. The Kier molecular flexibility index (Phi) is 3.91. The van der Waals surface area contributed by atoms with Crippen LogP contribution in [0.25, 0.3) is 0 Å². The standard InChI is InChI=1S/C8H20N2/c1-6(2)10(5)8(4)7(3)9/h6-8H,9H2,1-5H3. The molecule has 62 valence electrons. The molecule has 0 aromatic heterocycles. The van der Waals surface area contributed by atoms with Gasteiger partial charge >= 0.3 is 0 Å². The zero-order valence-electron chi connectivity index (χ0n) is 7.76. The van der Waals surface area contributed by atoms with E-state index in [1.54, 1.807) is 0 Å². The Morgan fingerprint density at radius 3 is 1.60 bits per heavy atom. The van der Waals surface area contributed by atoms with Crippen molar-refractivity contribution in [2.75, 3.05) is 7.05 Å². The van der Waals surface area contributed by atoms with Crippen molar-refractivity contribution in [1.82, 2.24) is 4.90 Å². The van der Waals surface area contributed by atoms with Crippen LogP contribution in [0.15, 0.2) is 0 Å². The largest absolute Gasteiger partial charge is 0.327 e. The number of nitrogens with two attached hydrogens (primary N) is 1. The van der Waals surface area contributed by atoms with E-state index in [9.17, 15) is 0 Å². The third kappa shape index (κ3) is 2.67. The molecule has 0 rings (SSSR count). The van der Waals surface area contributed by atoms with E-state index >= 15 is 0 Å². The monoisotopic (exact) mass is 144 g/mol. The van der Waals surface area contributed by atoms with Crippen LogP contribution >= 0.6 is 0 Å². The van der Waals surface area contributed by atoms with E-state index in [0.29, 0.717) is 12.1 Å². The molecule has 0 aromatic rings. The van der Waals surface area contributed by atoms with Gasteiger partial charge in [0.05, 0.1) is 0 Å². The Morgan fingerprint density at radius 1 is 1.10 bits per heavy atom. The van der Waals surface area contributed by atoms with Gasteiger partial charge in [0.25, 0.3) is 0 Å². The van der Waals surface area contributed by atoms with Crippen molar-refractivity contribution in [2.45, 2.75) is 45.8 Å². The lowest BCUT2D eigenvalue weighted by molar-refractivity contribution is 0.188. The Balaban J connectivity index is 3.81. The normalized spacial score (nSPS) is 18.0. The summed E-state index contributed by atoms with van der Waals surface area (Å²) in [7, 11) is 2.11. The summed E-state index contributed by atoms with van der Waals surface area (Å²) in [6.07, 6.45) is 0. The molecular weight excluding hydrogens is 124 g/mol. The van der Waals surface area contributed by atoms with Gasteiger partial charge < -0.3 is 5.73 Å². The van der Waals surface area contributed by atoms with Gasteiger partial charge in [-0.3, -0.25) is 4.90 Å².